The summed E-state index contributed by atoms with van der Waals surface area (Å²) in [5.74, 6) is 0.0851. The zero-order valence-electron chi connectivity index (χ0n) is 13.9. The van der Waals surface area contributed by atoms with E-state index in [0.717, 1.165) is 22.1 Å². The van der Waals surface area contributed by atoms with Gasteiger partial charge in [-0.2, -0.15) is 0 Å². The molecular weight excluding hydrogens is 316 g/mol. The van der Waals surface area contributed by atoms with Crippen LogP contribution in [0.1, 0.15) is 15.9 Å². The highest BCUT2D eigenvalue weighted by atomic mass is 16.5. The Kier molecular flexibility index (Phi) is 5.09. The summed E-state index contributed by atoms with van der Waals surface area (Å²) < 4.78 is 10.2. The summed E-state index contributed by atoms with van der Waals surface area (Å²) in [6, 6.07) is 20.3. The third kappa shape index (κ3) is 4.04. The predicted molar refractivity (Wildman–Crippen MR) is 95.9 cm³/mol. The lowest BCUT2D eigenvalue weighted by molar-refractivity contribution is -0.141. The second kappa shape index (κ2) is 7.62. The molecule has 3 aromatic rings. The van der Waals surface area contributed by atoms with Crippen molar-refractivity contribution in [2.75, 3.05) is 13.7 Å². The molecule has 0 bridgehead atoms. The van der Waals surface area contributed by atoms with Crippen molar-refractivity contribution in [1.82, 2.24) is 0 Å². The smallest absolute Gasteiger partial charge is 0.310 e. The zero-order chi connectivity index (χ0) is 17.6. The summed E-state index contributed by atoms with van der Waals surface area (Å²) in [5.41, 5.74) is 1.37. The summed E-state index contributed by atoms with van der Waals surface area (Å²) in [4.78, 5) is 24.4. The fourth-order valence-corrected chi connectivity index (χ4v) is 2.65. The van der Waals surface area contributed by atoms with E-state index in [-0.39, 0.29) is 18.8 Å². The Bertz CT molecular complexity index is 892. The molecule has 3 rings (SSSR count). The number of methoxy groups -OCH3 is 1. The average Bonchev–Trinajstić information content (AvgIpc) is 2.66. The molecule has 0 saturated heterocycles. The van der Waals surface area contributed by atoms with E-state index in [0.29, 0.717) is 5.56 Å². The molecule has 25 heavy (non-hydrogen) atoms. The van der Waals surface area contributed by atoms with E-state index in [1.807, 2.05) is 36.4 Å². The largest absolute Gasteiger partial charge is 0.497 e. The molecule has 0 heterocycles. The van der Waals surface area contributed by atoms with E-state index in [1.165, 1.54) is 0 Å². The fraction of sp³-hybridized carbons (Fsp3) is 0.143. The molecule has 0 amide bonds. The molecule has 4 nitrogen and oxygen atoms in total. The van der Waals surface area contributed by atoms with Gasteiger partial charge in [0.1, 0.15) is 5.75 Å². The van der Waals surface area contributed by atoms with E-state index in [1.54, 1.807) is 37.4 Å². The summed E-state index contributed by atoms with van der Waals surface area (Å²) in [5, 5.41) is 1.85. The standard InChI is InChI=1S/C21H18O4/c1-24-17-11-9-15(10-12-17)13-21(23)25-14-20(22)19-8-4-6-16-5-2-3-7-18(16)19/h2-12H,13-14H2,1H3. The minimum Gasteiger partial charge on any atom is -0.497 e. The lowest BCUT2D eigenvalue weighted by Gasteiger charge is -2.07. The Hall–Kier alpha value is -3.14. The molecule has 0 atom stereocenters. The Morgan fingerprint density at radius 2 is 1.60 bits per heavy atom. The summed E-state index contributed by atoms with van der Waals surface area (Å²) in [7, 11) is 1.59. The van der Waals surface area contributed by atoms with Crippen molar-refractivity contribution in [2.24, 2.45) is 0 Å². The predicted octanol–water partition coefficient (Wildman–Crippen LogP) is 3.82. The SMILES string of the molecule is COc1ccc(CC(=O)OCC(=O)c2cccc3ccccc23)cc1. The van der Waals surface area contributed by atoms with Crippen LogP contribution in [0.2, 0.25) is 0 Å². The van der Waals surface area contributed by atoms with Gasteiger partial charge < -0.3 is 9.47 Å². The van der Waals surface area contributed by atoms with Gasteiger partial charge in [0, 0.05) is 5.56 Å². The first-order valence-electron chi connectivity index (χ1n) is 7.97. The Labute approximate surface area is 146 Å². The van der Waals surface area contributed by atoms with Crippen LogP contribution in [0.5, 0.6) is 5.75 Å². The van der Waals surface area contributed by atoms with E-state index in [2.05, 4.69) is 0 Å². The lowest BCUT2D eigenvalue weighted by atomic mass is 10.0. The number of carbonyl (C=O) groups excluding carboxylic acids is 2. The molecule has 0 unspecified atom stereocenters. The second-order valence-corrected chi connectivity index (χ2v) is 5.64. The number of hydrogen-bond acceptors (Lipinski definition) is 4. The van der Waals surface area contributed by atoms with Gasteiger partial charge in [-0.3, -0.25) is 9.59 Å². The summed E-state index contributed by atoms with van der Waals surface area (Å²) in [6.07, 6.45) is 0.118. The molecule has 0 radical (unpaired) electrons. The maximum absolute atomic E-state index is 12.4. The van der Waals surface area contributed by atoms with Crippen molar-refractivity contribution in [1.29, 1.82) is 0 Å². The molecule has 0 aliphatic carbocycles. The van der Waals surface area contributed by atoms with Crippen molar-refractivity contribution < 1.29 is 19.1 Å². The van der Waals surface area contributed by atoms with Gasteiger partial charge in [0.25, 0.3) is 0 Å². The van der Waals surface area contributed by atoms with E-state index in [9.17, 15) is 9.59 Å². The van der Waals surface area contributed by atoms with Gasteiger partial charge >= 0.3 is 5.97 Å². The second-order valence-electron chi connectivity index (χ2n) is 5.64. The normalized spacial score (nSPS) is 10.4. The first kappa shape index (κ1) is 16.7. The molecule has 0 N–H and O–H groups in total. The van der Waals surface area contributed by atoms with Crippen LogP contribution in [-0.4, -0.2) is 25.5 Å². The van der Waals surface area contributed by atoms with E-state index in [4.69, 9.17) is 9.47 Å². The number of esters is 1. The van der Waals surface area contributed by atoms with Crippen molar-refractivity contribution in [2.45, 2.75) is 6.42 Å². The number of ether oxygens (including phenoxy) is 2. The molecule has 0 aromatic heterocycles. The average molecular weight is 334 g/mol. The first-order chi connectivity index (χ1) is 12.2. The maximum Gasteiger partial charge on any atom is 0.310 e. The van der Waals surface area contributed by atoms with Crippen molar-refractivity contribution in [3.63, 3.8) is 0 Å². The van der Waals surface area contributed by atoms with Crippen LogP contribution in [0, 0.1) is 0 Å². The van der Waals surface area contributed by atoms with Crippen molar-refractivity contribution >= 4 is 22.5 Å². The van der Waals surface area contributed by atoms with Crippen molar-refractivity contribution in [3.05, 3.63) is 77.9 Å². The Morgan fingerprint density at radius 3 is 2.36 bits per heavy atom. The Balaban J connectivity index is 1.62. The highest BCUT2D eigenvalue weighted by Crippen LogP contribution is 2.19. The third-order valence-electron chi connectivity index (χ3n) is 3.96. The molecule has 0 spiro atoms. The molecule has 0 fully saturated rings. The molecule has 126 valence electrons. The zero-order valence-corrected chi connectivity index (χ0v) is 13.9. The van der Waals surface area contributed by atoms with Gasteiger partial charge in [-0.15, -0.1) is 0 Å². The Morgan fingerprint density at radius 1 is 0.880 bits per heavy atom. The van der Waals surface area contributed by atoms with Gasteiger partial charge in [0.2, 0.25) is 5.78 Å². The topological polar surface area (TPSA) is 52.6 Å². The number of rotatable bonds is 6. The highest BCUT2D eigenvalue weighted by Gasteiger charge is 2.13. The number of Topliss-reactive ketones (excluding diaryl/α,β-unsaturated/α-hetero) is 1. The molecular formula is C21H18O4. The fourth-order valence-electron chi connectivity index (χ4n) is 2.65. The lowest BCUT2D eigenvalue weighted by Crippen LogP contribution is -2.16. The van der Waals surface area contributed by atoms with Crippen LogP contribution in [-0.2, 0) is 16.0 Å². The van der Waals surface area contributed by atoms with Gasteiger partial charge in [-0.25, -0.2) is 0 Å². The highest BCUT2D eigenvalue weighted by molar-refractivity contribution is 6.09. The van der Waals surface area contributed by atoms with E-state index < -0.39 is 5.97 Å². The van der Waals surface area contributed by atoms with Crippen LogP contribution in [0.3, 0.4) is 0 Å². The van der Waals surface area contributed by atoms with Gasteiger partial charge in [-0.1, -0.05) is 54.6 Å². The quantitative estimate of drug-likeness (QED) is 0.508. The molecule has 0 aliphatic heterocycles. The maximum atomic E-state index is 12.4. The molecule has 0 saturated carbocycles. The van der Waals surface area contributed by atoms with Crippen LogP contribution < -0.4 is 4.74 Å². The summed E-state index contributed by atoms with van der Waals surface area (Å²) in [6.45, 7) is -0.261. The number of hydrogen-bond donors (Lipinski definition) is 0. The van der Waals surface area contributed by atoms with Crippen LogP contribution >= 0.6 is 0 Å². The van der Waals surface area contributed by atoms with Crippen LogP contribution in [0.25, 0.3) is 10.8 Å². The number of ketones is 1. The number of fused-ring (bicyclic) bond motifs is 1. The molecule has 4 heteroatoms. The number of carbonyl (C=O) groups is 2. The van der Waals surface area contributed by atoms with Crippen LogP contribution in [0.15, 0.2) is 66.7 Å². The first-order valence-corrected chi connectivity index (χ1v) is 7.97. The molecule has 3 aromatic carbocycles. The van der Waals surface area contributed by atoms with Crippen LogP contribution in [0.4, 0.5) is 0 Å². The van der Waals surface area contributed by atoms with Gasteiger partial charge in [0.05, 0.1) is 13.5 Å². The third-order valence-corrected chi connectivity index (χ3v) is 3.96. The molecule has 0 aliphatic rings. The van der Waals surface area contributed by atoms with Gasteiger partial charge in [-0.05, 0) is 28.5 Å². The minimum absolute atomic E-state index is 0.118. The summed E-state index contributed by atoms with van der Waals surface area (Å²) >= 11 is 0. The monoisotopic (exact) mass is 334 g/mol. The van der Waals surface area contributed by atoms with Crippen molar-refractivity contribution in [3.8, 4) is 5.75 Å². The minimum atomic E-state index is -0.432. The van der Waals surface area contributed by atoms with E-state index >= 15 is 0 Å². The number of benzene rings is 3. The van der Waals surface area contributed by atoms with Gasteiger partial charge in [0.15, 0.2) is 6.61 Å².